The molecule has 8 unspecified atom stereocenters. The summed E-state index contributed by atoms with van der Waals surface area (Å²) in [5, 5.41) is 57.3. The fourth-order valence-corrected chi connectivity index (χ4v) is 11.7. The van der Waals surface area contributed by atoms with Crippen LogP contribution in [0, 0.1) is 0 Å². The van der Waals surface area contributed by atoms with Crippen molar-refractivity contribution in [2.45, 2.75) is 410 Å². The first-order valence-electron chi connectivity index (χ1n) is 36.8. The molecule has 0 bridgehead atoms. The summed E-state index contributed by atoms with van der Waals surface area (Å²) in [6.45, 7) is 5.83. The monoisotopic (exact) mass is 1200 g/mol. The maximum absolute atomic E-state index is 13.5. The third-order valence-corrected chi connectivity index (χ3v) is 17.5. The van der Waals surface area contributed by atoms with Gasteiger partial charge in [-0.3, -0.25) is 9.59 Å². The molecule has 1 fully saturated rings. The predicted octanol–water partition coefficient (Wildman–Crippen LogP) is 19.0. The average molecular weight is 1200 g/mol. The minimum atomic E-state index is -1.61. The van der Waals surface area contributed by atoms with Crippen LogP contribution in [0.1, 0.15) is 361 Å². The summed E-state index contributed by atoms with van der Waals surface area (Å²) >= 11 is 0. The van der Waals surface area contributed by atoms with E-state index in [1.165, 1.54) is 250 Å². The van der Waals surface area contributed by atoms with Crippen LogP contribution in [-0.4, -0.2) is 99.6 Å². The molecule has 11 heteroatoms. The molecule has 1 amide bonds. The van der Waals surface area contributed by atoms with Crippen molar-refractivity contribution in [2.75, 3.05) is 13.2 Å². The minimum absolute atomic E-state index is 0.130. The molecule has 1 aliphatic rings. The van der Waals surface area contributed by atoms with E-state index < -0.39 is 67.4 Å². The SMILES string of the molecule is CCCCC/C=C\C/C=C\CCCCCCCCCCCCCCCCC(O)C(=O)NC(COC1OC(CO)C(O)C(O)C1OC(=O)CCCCCCCCCCCCCCCCCCCCC)C(O)/C=C/CCCCCCCCCCCCC. The van der Waals surface area contributed by atoms with Crippen molar-refractivity contribution >= 4 is 11.9 Å². The number of carbonyl (C=O) groups is 2. The van der Waals surface area contributed by atoms with Gasteiger partial charge in [-0.05, 0) is 57.8 Å². The number of allylic oxidation sites excluding steroid dienone is 5. The summed E-state index contributed by atoms with van der Waals surface area (Å²) in [4.78, 5) is 26.7. The van der Waals surface area contributed by atoms with Crippen LogP contribution in [0.15, 0.2) is 36.5 Å². The molecule has 1 rings (SSSR count). The first-order chi connectivity index (χ1) is 41.7. The lowest BCUT2D eigenvalue weighted by Gasteiger charge is -2.41. The fraction of sp³-hybridized carbons (Fsp3) is 0.892. The fourth-order valence-electron chi connectivity index (χ4n) is 11.7. The van der Waals surface area contributed by atoms with Crippen molar-refractivity contribution in [2.24, 2.45) is 0 Å². The van der Waals surface area contributed by atoms with Crippen LogP contribution in [0.4, 0.5) is 0 Å². The molecule has 1 aliphatic heterocycles. The molecule has 500 valence electrons. The molecular weight excluding hydrogens is 1060 g/mol. The molecule has 0 aromatic rings. The summed E-state index contributed by atoms with van der Waals surface area (Å²) in [6, 6.07) is -1.02. The van der Waals surface area contributed by atoms with Crippen molar-refractivity contribution in [3.63, 3.8) is 0 Å². The lowest BCUT2D eigenvalue weighted by Crippen LogP contribution is -2.61. The van der Waals surface area contributed by atoms with Gasteiger partial charge in [-0.1, -0.05) is 333 Å². The summed E-state index contributed by atoms with van der Waals surface area (Å²) in [5.41, 5.74) is 0. The number of rotatable bonds is 64. The number of amides is 1. The van der Waals surface area contributed by atoms with E-state index >= 15 is 0 Å². The highest BCUT2D eigenvalue weighted by Crippen LogP contribution is 2.27. The average Bonchev–Trinajstić information content (AvgIpc) is 3.17. The Morgan fingerprint density at radius 1 is 0.459 bits per heavy atom. The minimum Gasteiger partial charge on any atom is -0.454 e. The Bertz CT molecular complexity index is 1520. The van der Waals surface area contributed by atoms with Crippen LogP contribution in [0.2, 0.25) is 0 Å². The lowest BCUT2D eigenvalue weighted by molar-refractivity contribution is -0.305. The molecule has 0 aromatic carbocycles. The van der Waals surface area contributed by atoms with Crippen molar-refractivity contribution in [3.8, 4) is 0 Å². The van der Waals surface area contributed by atoms with E-state index in [0.29, 0.717) is 19.3 Å². The van der Waals surface area contributed by atoms with Crippen LogP contribution >= 0.6 is 0 Å². The van der Waals surface area contributed by atoms with Crippen LogP contribution in [0.5, 0.6) is 0 Å². The van der Waals surface area contributed by atoms with Gasteiger partial charge < -0.3 is 45.1 Å². The summed E-state index contributed by atoms with van der Waals surface area (Å²) in [7, 11) is 0. The second-order valence-electron chi connectivity index (χ2n) is 25.7. The van der Waals surface area contributed by atoms with Gasteiger partial charge in [-0.25, -0.2) is 0 Å². The Balaban J connectivity index is 2.56. The largest absolute Gasteiger partial charge is 0.454 e. The Morgan fingerprint density at radius 2 is 0.812 bits per heavy atom. The number of esters is 1. The second-order valence-corrected chi connectivity index (χ2v) is 25.7. The van der Waals surface area contributed by atoms with E-state index in [1.54, 1.807) is 6.08 Å². The van der Waals surface area contributed by atoms with Gasteiger partial charge in [0.1, 0.15) is 24.4 Å². The van der Waals surface area contributed by atoms with E-state index in [-0.39, 0.29) is 13.0 Å². The Morgan fingerprint density at radius 3 is 1.22 bits per heavy atom. The van der Waals surface area contributed by atoms with Crippen molar-refractivity contribution in [3.05, 3.63) is 36.5 Å². The molecule has 0 aromatic heterocycles. The smallest absolute Gasteiger partial charge is 0.306 e. The van der Waals surface area contributed by atoms with Crippen LogP contribution < -0.4 is 5.32 Å². The molecule has 0 spiro atoms. The van der Waals surface area contributed by atoms with E-state index in [0.717, 1.165) is 64.2 Å². The van der Waals surface area contributed by atoms with Gasteiger partial charge in [-0.15, -0.1) is 0 Å². The van der Waals surface area contributed by atoms with Crippen molar-refractivity contribution in [1.29, 1.82) is 0 Å². The quantitative estimate of drug-likeness (QED) is 0.0195. The first-order valence-corrected chi connectivity index (χ1v) is 36.8. The van der Waals surface area contributed by atoms with Gasteiger partial charge in [0.2, 0.25) is 5.91 Å². The van der Waals surface area contributed by atoms with E-state index in [1.807, 2.05) is 6.08 Å². The molecule has 85 heavy (non-hydrogen) atoms. The zero-order valence-electron chi connectivity index (χ0n) is 55.8. The highest BCUT2D eigenvalue weighted by Gasteiger charge is 2.47. The number of nitrogens with one attached hydrogen (secondary N) is 1. The molecule has 1 heterocycles. The number of unbranched alkanes of at least 4 members (excludes halogenated alkanes) is 46. The molecule has 11 nitrogen and oxygen atoms in total. The number of carbonyl (C=O) groups excluding carboxylic acids is 2. The maximum Gasteiger partial charge on any atom is 0.306 e. The van der Waals surface area contributed by atoms with Crippen LogP contribution in [0.25, 0.3) is 0 Å². The second kappa shape index (κ2) is 62.1. The predicted molar refractivity (Wildman–Crippen MR) is 357 cm³/mol. The first kappa shape index (κ1) is 80.9. The van der Waals surface area contributed by atoms with Crippen molar-refractivity contribution in [1.82, 2.24) is 5.32 Å². The van der Waals surface area contributed by atoms with Crippen LogP contribution in [-0.2, 0) is 23.8 Å². The summed E-state index contributed by atoms with van der Waals surface area (Å²) < 4.78 is 17.7. The Kier molecular flexibility index (Phi) is 59.1. The lowest BCUT2D eigenvalue weighted by atomic mass is 9.99. The van der Waals surface area contributed by atoms with E-state index in [2.05, 4.69) is 50.4 Å². The van der Waals surface area contributed by atoms with Gasteiger partial charge in [0.15, 0.2) is 12.4 Å². The molecule has 1 saturated heterocycles. The van der Waals surface area contributed by atoms with Crippen LogP contribution in [0.3, 0.4) is 0 Å². The topological polar surface area (TPSA) is 175 Å². The van der Waals surface area contributed by atoms with Gasteiger partial charge in [0, 0.05) is 6.42 Å². The molecule has 0 saturated carbocycles. The standard InChI is InChI=1S/C74H139NO10/c1-4-7-10-13-16-19-22-25-27-29-31-32-33-34-35-37-38-40-43-46-49-52-55-58-61-67(78)73(82)75-65(66(77)60-57-54-51-48-45-42-24-21-18-15-12-9-6-3)64-83-74-72(71(81)70(80)68(63-76)84-74)85-69(79)62-59-56-53-50-47-44-41-39-36-30-28-26-23-20-17-14-11-8-5-2/h16,19,25,27,57,60,65-68,70-72,74,76-78,80-81H,4-15,17-18,20-24,26,28-56,58-59,61-64H2,1-3H3,(H,75,82)/b19-16-,27-25-,60-57+. The maximum atomic E-state index is 13.5. The number of aliphatic hydroxyl groups excluding tert-OH is 5. The molecule has 6 N–H and O–H groups in total. The normalized spacial score (nSPS) is 18.5. The summed E-state index contributed by atoms with van der Waals surface area (Å²) in [5.74, 6) is -1.18. The Labute approximate surface area is 523 Å². The number of hydrogen-bond acceptors (Lipinski definition) is 10. The van der Waals surface area contributed by atoms with Crippen molar-refractivity contribution < 1.29 is 49.3 Å². The van der Waals surface area contributed by atoms with E-state index in [9.17, 15) is 35.1 Å². The molecule has 0 aliphatic carbocycles. The highest BCUT2D eigenvalue weighted by atomic mass is 16.7. The van der Waals surface area contributed by atoms with E-state index in [4.69, 9.17) is 14.2 Å². The zero-order chi connectivity index (χ0) is 61.7. The third kappa shape index (κ3) is 49.4. The number of aliphatic hydroxyl groups is 5. The Hall–Kier alpha value is -2.12. The zero-order valence-corrected chi connectivity index (χ0v) is 55.8. The van der Waals surface area contributed by atoms with Gasteiger partial charge in [0.25, 0.3) is 0 Å². The van der Waals surface area contributed by atoms with Gasteiger partial charge >= 0.3 is 5.97 Å². The van der Waals surface area contributed by atoms with Gasteiger partial charge in [-0.2, -0.15) is 0 Å². The number of ether oxygens (including phenoxy) is 3. The van der Waals surface area contributed by atoms with Gasteiger partial charge in [0.05, 0.1) is 25.4 Å². The molecular formula is C74H139NO10. The molecule has 0 radical (unpaired) electrons. The number of hydrogen-bond donors (Lipinski definition) is 6. The summed E-state index contributed by atoms with van der Waals surface area (Å²) in [6.07, 6.45) is 66.1. The highest BCUT2D eigenvalue weighted by molar-refractivity contribution is 5.80. The molecule has 8 atom stereocenters. The third-order valence-electron chi connectivity index (χ3n) is 17.5.